The molecule has 0 amide bonds. The molecule has 2 aromatic heterocycles. The van der Waals surface area contributed by atoms with Crippen LogP contribution in [-0.2, 0) is 25.4 Å². The van der Waals surface area contributed by atoms with E-state index >= 15 is 0 Å². The highest BCUT2D eigenvalue weighted by molar-refractivity contribution is 5.60. The van der Waals surface area contributed by atoms with Crippen LogP contribution in [0.25, 0.3) is 11.1 Å². The molecular formula is C26H20F6N2+2. The third-order valence-electron chi connectivity index (χ3n) is 5.41. The van der Waals surface area contributed by atoms with Crippen molar-refractivity contribution in [2.24, 2.45) is 0 Å². The fourth-order valence-electron chi connectivity index (χ4n) is 3.53. The van der Waals surface area contributed by atoms with E-state index in [4.69, 9.17) is 0 Å². The number of nitrogens with zero attached hydrogens (tertiary/aromatic N) is 2. The van der Waals surface area contributed by atoms with Crippen molar-refractivity contribution >= 4 is 0 Å². The molecule has 0 N–H and O–H groups in total. The Hall–Kier alpha value is -3.68. The second-order valence-corrected chi connectivity index (χ2v) is 7.91. The lowest BCUT2D eigenvalue weighted by molar-refractivity contribution is -0.688. The van der Waals surface area contributed by atoms with Gasteiger partial charge in [-0.25, -0.2) is 9.13 Å². The van der Waals surface area contributed by atoms with Crippen molar-refractivity contribution in [3.05, 3.63) is 120 Å². The summed E-state index contributed by atoms with van der Waals surface area (Å²) in [4.78, 5) is 0. The first-order valence-corrected chi connectivity index (χ1v) is 10.4. The van der Waals surface area contributed by atoms with Gasteiger partial charge in [-0.3, -0.25) is 0 Å². The Kier molecular flexibility index (Phi) is 6.41. The molecule has 2 nitrogen and oxygen atoms in total. The van der Waals surface area contributed by atoms with Crippen molar-refractivity contribution in [2.45, 2.75) is 25.4 Å². The maximum Gasteiger partial charge on any atom is 0.416 e. The van der Waals surface area contributed by atoms with Crippen LogP contribution in [0, 0.1) is 0 Å². The molecule has 0 radical (unpaired) electrons. The molecule has 8 heteroatoms. The number of pyridine rings is 2. The zero-order valence-corrected chi connectivity index (χ0v) is 17.8. The first-order chi connectivity index (χ1) is 16.1. The average molecular weight is 474 g/mol. The Morgan fingerprint density at radius 1 is 0.441 bits per heavy atom. The first-order valence-electron chi connectivity index (χ1n) is 10.4. The fraction of sp³-hybridized carbons (Fsp3) is 0.154. The molecule has 0 bridgehead atoms. The van der Waals surface area contributed by atoms with E-state index in [-0.39, 0.29) is 0 Å². The van der Waals surface area contributed by atoms with Crippen LogP contribution in [0.5, 0.6) is 0 Å². The lowest BCUT2D eigenvalue weighted by atomic mass is 10.1. The SMILES string of the molecule is FC(F)(F)c1ccc(C[n+]2ccc(-c3cc[n+](Cc4ccc(C(F)(F)F)cc4)cc3)cc2)cc1. The zero-order valence-electron chi connectivity index (χ0n) is 17.8. The van der Waals surface area contributed by atoms with E-state index < -0.39 is 23.5 Å². The van der Waals surface area contributed by atoms with Gasteiger partial charge in [0.25, 0.3) is 0 Å². The fourth-order valence-corrected chi connectivity index (χ4v) is 3.53. The van der Waals surface area contributed by atoms with Crippen molar-refractivity contribution < 1.29 is 35.5 Å². The Morgan fingerprint density at radius 2 is 0.735 bits per heavy atom. The summed E-state index contributed by atoms with van der Waals surface area (Å²) in [6.45, 7) is 0.890. The van der Waals surface area contributed by atoms with Crippen LogP contribution in [0.4, 0.5) is 26.3 Å². The zero-order chi connectivity index (χ0) is 24.3. The third-order valence-corrected chi connectivity index (χ3v) is 5.41. The van der Waals surface area contributed by atoms with Crippen molar-refractivity contribution in [1.29, 1.82) is 0 Å². The Labute approximate surface area is 192 Å². The molecule has 0 saturated carbocycles. The van der Waals surface area contributed by atoms with E-state index in [9.17, 15) is 26.3 Å². The first kappa shape index (κ1) is 23.5. The molecule has 0 aliphatic carbocycles. The van der Waals surface area contributed by atoms with Gasteiger partial charge in [0.1, 0.15) is 0 Å². The van der Waals surface area contributed by atoms with Crippen molar-refractivity contribution in [3.63, 3.8) is 0 Å². The molecule has 4 rings (SSSR count). The van der Waals surface area contributed by atoms with Gasteiger partial charge in [0, 0.05) is 35.4 Å². The van der Waals surface area contributed by atoms with Crippen LogP contribution in [0.1, 0.15) is 22.3 Å². The molecule has 0 aliphatic rings. The Balaban J connectivity index is 1.39. The Morgan fingerprint density at radius 3 is 1.00 bits per heavy atom. The van der Waals surface area contributed by atoms with Gasteiger partial charge in [0.15, 0.2) is 37.9 Å². The maximum absolute atomic E-state index is 12.7. The lowest BCUT2D eigenvalue weighted by Gasteiger charge is -2.07. The van der Waals surface area contributed by atoms with Gasteiger partial charge in [-0.05, 0) is 35.4 Å². The second-order valence-electron chi connectivity index (χ2n) is 7.91. The number of halogens is 6. The number of rotatable bonds is 5. The van der Waals surface area contributed by atoms with E-state index in [1.807, 2.05) is 58.2 Å². The highest BCUT2D eigenvalue weighted by Crippen LogP contribution is 2.30. The summed E-state index contributed by atoms with van der Waals surface area (Å²) >= 11 is 0. The minimum Gasteiger partial charge on any atom is -0.201 e. The molecular weight excluding hydrogens is 454 g/mol. The number of hydrogen-bond donors (Lipinski definition) is 0. The van der Waals surface area contributed by atoms with Gasteiger partial charge in [-0.15, -0.1) is 0 Å². The quantitative estimate of drug-likeness (QED) is 0.245. The third kappa shape index (κ3) is 5.81. The average Bonchev–Trinajstić information content (AvgIpc) is 2.80. The highest BCUT2D eigenvalue weighted by atomic mass is 19.4. The predicted octanol–water partition coefficient (Wildman–Crippen LogP) is 6.06. The van der Waals surface area contributed by atoms with Gasteiger partial charge in [0.05, 0.1) is 11.1 Å². The molecule has 34 heavy (non-hydrogen) atoms. The van der Waals surface area contributed by atoms with Gasteiger partial charge in [-0.2, -0.15) is 26.3 Å². The molecule has 4 aromatic rings. The second kappa shape index (κ2) is 9.29. The topological polar surface area (TPSA) is 7.76 Å². The van der Waals surface area contributed by atoms with Crippen LogP contribution in [0.15, 0.2) is 97.6 Å². The number of alkyl halides is 6. The van der Waals surface area contributed by atoms with Gasteiger partial charge < -0.3 is 0 Å². The molecule has 0 atom stereocenters. The van der Waals surface area contributed by atoms with E-state index in [1.54, 1.807) is 0 Å². The molecule has 2 aromatic carbocycles. The van der Waals surface area contributed by atoms with Crippen LogP contribution in [0.3, 0.4) is 0 Å². The Bertz CT molecular complexity index is 1120. The van der Waals surface area contributed by atoms with E-state index in [0.29, 0.717) is 13.1 Å². The monoisotopic (exact) mass is 474 g/mol. The molecule has 0 fully saturated rings. The molecule has 0 unspecified atom stereocenters. The van der Waals surface area contributed by atoms with E-state index in [2.05, 4.69) is 0 Å². The van der Waals surface area contributed by atoms with Gasteiger partial charge >= 0.3 is 12.4 Å². The van der Waals surface area contributed by atoms with Crippen LogP contribution >= 0.6 is 0 Å². The smallest absolute Gasteiger partial charge is 0.201 e. The normalized spacial score (nSPS) is 12.1. The van der Waals surface area contributed by atoms with Crippen molar-refractivity contribution in [3.8, 4) is 11.1 Å². The van der Waals surface area contributed by atoms with Crippen molar-refractivity contribution in [2.75, 3.05) is 0 Å². The van der Waals surface area contributed by atoms with Crippen molar-refractivity contribution in [1.82, 2.24) is 0 Å². The maximum atomic E-state index is 12.7. The van der Waals surface area contributed by atoms with E-state index in [1.165, 1.54) is 24.3 Å². The van der Waals surface area contributed by atoms with Gasteiger partial charge in [-0.1, -0.05) is 24.3 Å². The summed E-state index contributed by atoms with van der Waals surface area (Å²) in [7, 11) is 0. The summed E-state index contributed by atoms with van der Waals surface area (Å²) in [5, 5.41) is 0. The summed E-state index contributed by atoms with van der Waals surface area (Å²) in [6.07, 6.45) is -1.27. The number of benzene rings is 2. The predicted molar refractivity (Wildman–Crippen MR) is 113 cm³/mol. The summed E-state index contributed by atoms with van der Waals surface area (Å²) in [5.41, 5.74) is 2.10. The van der Waals surface area contributed by atoms with Crippen LogP contribution < -0.4 is 9.13 Å². The molecule has 2 heterocycles. The van der Waals surface area contributed by atoms with Crippen LogP contribution in [0.2, 0.25) is 0 Å². The molecule has 0 saturated heterocycles. The van der Waals surface area contributed by atoms with Crippen LogP contribution in [-0.4, -0.2) is 0 Å². The number of aromatic nitrogens is 2. The largest absolute Gasteiger partial charge is 0.416 e. The summed E-state index contributed by atoms with van der Waals surface area (Å²) in [5.74, 6) is 0. The van der Waals surface area contributed by atoms with Gasteiger partial charge in [0.2, 0.25) is 0 Å². The lowest BCUT2D eigenvalue weighted by Crippen LogP contribution is -2.33. The standard InChI is InChI=1S/C26H20F6N2/c27-25(28,29)23-5-1-19(2-6-23)17-33-13-9-21(10-14-33)22-11-15-34(16-12-22)18-20-3-7-24(8-4-20)26(30,31)32/h1-16H,17-18H2/q+2. The summed E-state index contributed by atoms with van der Waals surface area (Å²) < 4.78 is 79.9. The molecule has 0 spiro atoms. The molecule has 174 valence electrons. The molecule has 0 aliphatic heterocycles. The highest BCUT2D eigenvalue weighted by Gasteiger charge is 2.30. The summed E-state index contributed by atoms with van der Waals surface area (Å²) in [6, 6.07) is 17.8. The number of hydrogen-bond acceptors (Lipinski definition) is 0. The van der Waals surface area contributed by atoms with E-state index in [0.717, 1.165) is 46.5 Å². The minimum absolute atomic E-state index is 0.445. The minimum atomic E-state index is -4.35.